The Kier molecular flexibility index (Phi) is 7.91. The van der Waals surface area contributed by atoms with Gasteiger partial charge in [-0.3, -0.25) is 0 Å². The second-order valence-electron chi connectivity index (χ2n) is 6.37. The molecule has 0 bridgehead atoms. The third-order valence-electron chi connectivity index (χ3n) is 3.86. The molecule has 1 aliphatic carbocycles. The smallest absolute Gasteiger partial charge is 0.0897 e. The van der Waals surface area contributed by atoms with Crippen LogP contribution in [0.5, 0.6) is 0 Å². The lowest BCUT2D eigenvalue weighted by molar-refractivity contribution is 0.0341. The lowest BCUT2D eigenvalue weighted by atomic mass is 10.0. The van der Waals surface area contributed by atoms with Crippen LogP contribution in [0.15, 0.2) is 0 Å². The average molecular weight is 273 g/mol. The zero-order valence-corrected chi connectivity index (χ0v) is 12.5. The number of ether oxygens (including phenoxy) is 1. The maximum atomic E-state index is 9.77. The maximum Gasteiger partial charge on any atom is 0.0897 e. The van der Waals surface area contributed by atoms with Crippen molar-refractivity contribution >= 4 is 0 Å². The van der Waals surface area contributed by atoms with Crippen molar-refractivity contribution in [3.8, 4) is 0 Å². The van der Waals surface area contributed by atoms with Crippen LogP contribution in [0.2, 0.25) is 0 Å². The first-order valence-corrected chi connectivity index (χ1v) is 7.65. The quantitative estimate of drug-likeness (QED) is 0.472. The van der Waals surface area contributed by atoms with Gasteiger partial charge in [0.05, 0.1) is 12.7 Å². The van der Waals surface area contributed by atoms with Crippen molar-refractivity contribution in [3.63, 3.8) is 0 Å². The Morgan fingerprint density at radius 1 is 1.32 bits per heavy atom. The topological polar surface area (TPSA) is 61.7 Å². The fourth-order valence-electron chi connectivity index (χ4n) is 2.30. The SMILES string of the molecule is CC(C)CCCOCC(O)CNCC1(CCO)CC1. The lowest BCUT2D eigenvalue weighted by Crippen LogP contribution is -2.34. The molecule has 1 unspecified atom stereocenters. The maximum absolute atomic E-state index is 9.77. The van der Waals surface area contributed by atoms with E-state index in [9.17, 15) is 5.11 Å². The second kappa shape index (κ2) is 8.90. The molecule has 0 aromatic heterocycles. The molecule has 0 amide bonds. The summed E-state index contributed by atoms with van der Waals surface area (Å²) in [6, 6.07) is 0. The van der Waals surface area contributed by atoms with Gasteiger partial charge in [0, 0.05) is 26.3 Å². The summed E-state index contributed by atoms with van der Waals surface area (Å²) >= 11 is 0. The summed E-state index contributed by atoms with van der Waals surface area (Å²) in [4.78, 5) is 0. The van der Waals surface area contributed by atoms with Crippen LogP contribution in [-0.4, -0.2) is 49.2 Å². The monoisotopic (exact) mass is 273 g/mol. The van der Waals surface area contributed by atoms with E-state index in [1.165, 1.54) is 19.3 Å². The lowest BCUT2D eigenvalue weighted by Gasteiger charge is -2.17. The number of aliphatic hydroxyl groups excluding tert-OH is 2. The molecule has 1 fully saturated rings. The molecule has 0 saturated heterocycles. The third-order valence-corrected chi connectivity index (χ3v) is 3.86. The van der Waals surface area contributed by atoms with Gasteiger partial charge in [0.15, 0.2) is 0 Å². The van der Waals surface area contributed by atoms with Crippen molar-refractivity contribution in [1.82, 2.24) is 5.32 Å². The minimum atomic E-state index is -0.427. The first-order chi connectivity index (χ1) is 9.08. The summed E-state index contributed by atoms with van der Waals surface area (Å²) in [6.45, 7) is 7.32. The Bertz CT molecular complexity index is 229. The highest BCUT2D eigenvalue weighted by atomic mass is 16.5. The van der Waals surface area contributed by atoms with Crippen LogP contribution in [0.3, 0.4) is 0 Å². The van der Waals surface area contributed by atoms with E-state index in [4.69, 9.17) is 9.84 Å². The zero-order chi connectivity index (χ0) is 14.1. The fourth-order valence-corrected chi connectivity index (χ4v) is 2.30. The molecule has 4 heteroatoms. The van der Waals surface area contributed by atoms with Crippen molar-refractivity contribution in [2.75, 3.05) is 32.9 Å². The van der Waals surface area contributed by atoms with Gasteiger partial charge in [-0.05, 0) is 43.4 Å². The molecule has 0 aromatic carbocycles. The average Bonchev–Trinajstić information content (AvgIpc) is 3.09. The van der Waals surface area contributed by atoms with E-state index >= 15 is 0 Å². The first-order valence-electron chi connectivity index (χ1n) is 7.65. The normalized spacial score (nSPS) is 18.8. The highest BCUT2D eigenvalue weighted by Crippen LogP contribution is 2.47. The van der Waals surface area contributed by atoms with Crippen LogP contribution in [-0.2, 0) is 4.74 Å². The van der Waals surface area contributed by atoms with E-state index in [0.29, 0.717) is 18.6 Å². The van der Waals surface area contributed by atoms with Gasteiger partial charge < -0.3 is 20.3 Å². The van der Waals surface area contributed by atoms with Crippen LogP contribution in [0.25, 0.3) is 0 Å². The van der Waals surface area contributed by atoms with Gasteiger partial charge in [-0.25, -0.2) is 0 Å². The molecule has 0 radical (unpaired) electrons. The van der Waals surface area contributed by atoms with E-state index in [1.54, 1.807) is 0 Å². The van der Waals surface area contributed by atoms with Crippen molar-refractivity contribution < 1.29 is 14.9 Å². The van der Waals surface area contributed by atoms with Gasteiger partial charge in [-0.1, -0.05) is 13.8 Å². The Hall–Kier alpha value is -0.160. The summed E-state index contributed by atoms with van der Waals surface area (Å²) in [7, 11) is 0. The van der Waals surface area contributed by atoms with E-state index in [0.717, 1.165) is 31.9 Å². The third kappa shape index (κ3) is 7.88. The molecular formula is C15H31NO3. The van der Waals surface area contributed by atoms with Gasteiger partial charge in [0.2, 0.25) is 0 Å². The number of hydrogen-bond acceptors (Lipinski definition) is 4. The molecule has 1 rings (SSSR count). The number of hydrogen-bond donors (Lipinski definition) is 3. The predicted octanol–water partition coefficient (Wildman–Crippen LogP) is 1.55. The van der Waals surface area contributed by atoms with E-state index in [1.807, 2.05) is 0 Å². The van der Waals surface area contributed by atoms with Gasteiger partial charge in [-0.2, -0.15) is 0 Å². The van der Waals surface area contributed by atoms with Crippen LogP contribution in [0, 0.1) is 11.3 Å². The molecule has 0 aliphatic heterocycles. The standard InChI is InChI=1S/C15H31NO3/c1-13(2)4-3-9-19-11-14(18)10-16-12-15(5-6-15)7-8-17/h13-14,16-18H,3-12H2,1-2H3. The Morgan fingerprint density at radius 3 is 2.63 bits per heavy atom. The molecule has 19 heavy (non-hydrogen) atoms. The van der Waals surface area contributed by atoms with Gasteiger partial charge >= 0.3 is 0 Å². The van der Waals surface area contributed by atoms with Crippen molar-refractivity contribution in [3.05, 3.63) is 0 Å². The molecule has 0 spiro atoms. The van der Waals surface area contributed by atoms with Gasteiger partial charge in [0.1, 0.15) is 0 Å². The van der Waals surface area contributed by atoms with Crippen LogP contribution in [0.4, 0.5) is 0 Å². The van der Waals surface area contributed by atoms with Crippen molar-refractivity contribution in [2.24, 2.45) is 11.3 Å². The second-order valence-corrected chi connectivity index (χ2v) is 6.37. The molecule has 114 valence electrons. The molecule has 3 N–H and O–H groups in total. The largest absolute Gasteiger partial charge is 0.396 e. The molecule has 1 atom stereocenters. The first kappa shape index (κ1) is 16.9. The minimum Gasteiger partial charge on any atom is -0.396 e. The molecule has 4 nitrogen and oxygen atoms in total. The van der Waals surface area contributed by atoms with Crippen molar-refractivity contribution in [2.45, 2.75) is 52.1 Å². The van der Waals surface area contributed by atoms with Gasteiger partial charge in [-0.15, -0.1) is 0 Å². The van der Waals surface area contributed by atoms with Crippen molar-refractivity contribution in [1.29, 1.82) is 0 Å². The molecule has 1 saturated carbocycles. The summed E-state index contributed by atoms with van der Waals surface area (Å²) in [6.07, 6.45) is 5.09. The highest BCUT2D eigenvalue weighted by Gasteiger charge is 2.41. The molecular weight excluding hydrogens is 242 g/mol. The Labute approximate surface area is 117 Å². The summed E-state index contributed by atoms with van der Waals surface area (Å²) in [5, 5.41) is 22.0. The fraction of sp³-hybridized carbons (Fsp3) is 1.00. The molecule has 1 aliphatic rings. The van der Waals surface area contributed by atoms with E-state index in [2.05, 4.69) is 19.2 Å². The summed E-state index contributed by atoms with van der Waals surface area (Å²) in [5.41, 5.74) is 0.312. The Balaban J connectivity index is 1.92. The van der Waals surface area contributed by atoms with Gasteiger partial charge in [0.25, 0.3) is 0 Å². The number of rotatable bonds is 12. The number of aliphatic hydroxyl groups is 2. The van der Waals surface area contributed by atoms with Crippen LogP contribution in [0.1, 0.15) is 46.0 Å². The zero-order valence-electron chi connectivity index (χ0n) is 12.5. The highest BCUT2D eigenvalue weighted by molar-refractivity contribution is 4.94. The number of nitrogens with one attached hydrogen (secondary N) is 1. The van der Waals surface area contributed by atoms with Crippen LogP contribution < -0.4 is 5.32 Å². The summed E-state index contributed by atoms with van der Waals surface area (Å²) < 4.78 is 5.46. The molecule has 0 heterocycles. The predicted molar refractivity (Wildman–Crippen MR) is 77.1 cm³/mol. The van der Waals surface area contributed by atoms with E-state index in [-0.39, 0.29) is 6.61 Å². The van der Waals surface area contributed by atoms with Crippen LogP contribution >= 0.6 is 0 Å². The molecule has 0 aromatic rings. The van der Waals surface area contributed by atoms with E-state index < -0.39 is 6.10 Å². The Morgan fingerprint density at radius 2 is 2.05 bits per heavy atom. The minimum absolute atomic E-state index is 0.267. The summed E-state index contributed by atoms with van der Waals surface area (Å²) in [5.74, 6) is 0.719.